The van der Waals surface area contributed by atoms with Crippen molar-refractivity contribution in [1.82, 2.24) is 4.90 Å². The number of hydrogen-bond donors (Lipinski definition) is 1. The normalized spacial score (nSPS) is 12.2. The SMILES string of the molecule is Cc1c(C=O)ccc(-c2ccc(CCN(C[C@H](O)c3cccc(Cl)c3)C(=O)OC(C)(C)C)cc2)c1C. The van der Waals surface area contributed by atoms with E-state index in [1.165, 1.54) is 4.90 Å². The second-order valence-corrected chi connectivity index (χ2v) is 10.5. The van der Waals surface area contributed by atoms with Crippen molar-refractivity contribution >= 4 is 24.0 Å². The number of hydrogen-bond acceptors (Lipinski definition) is 4. The average molecular weight is 508 g/mol. The van der Waals surface area contributed by atoms with Gasteiger partial charge in [0.1, 0.15) is 11.9 Å². The molecule has 0 heterocycles. The molecule has 0 aliphatic carbocycles. The minimum absolute atomic E-state index is 0.0922. The van der Waals surface area contributed by atoms with E-state index in [2.05, 4.69) is 12.1 Å². The van der Waals surface area contributed by atoms with Crippen LogP contribution in [0.15, 0.2) is 60.7 Å². The number of carbonyl (C=O) groups is 2. The Labute approximate surface area is 218 Å². The maximum Gasteiger partial charge on any atom is 0.410 e. The summed E-state index contributed by atoms with van der Waals surface area (Å²) in [6, 6.07) is 19.0. The molecular formula is C30H34ClNO4. The summed E-state index contributed by atoms with van der Waals surface area (Å²) < 4.78 is 5.59. The Hall–Kier alpha value is -3.15. The number of benzene rings is 3. The summed E-state index contributed by atoms with van der Waals surface area (Å²) in [5, 5.41) is 11.3. The van der Waals surface area contributed by atoms with Gasteiger partial charge < -0.3 is 14.7 Å². The molecular weight excluding hydrogens is 474 g/mol. The van der Waals surface area contributed by atoms with E-state index < -0.39 is 17.8 Å². The summed E-state index contributed by atoms with van der Waals surface area (Å²) in [4.78, 5) is 25.7. The van der Waals surface area contributed by atoms with Crippen molar-refractivity contribution in [2.45, 2.75) is 52.7 Å². The predicted octanol–water partition coefficient (Wildman–Crippen LogP) is 6.95. The monoisotopic (exact) mass is 507 g/mol. The number of aliphatic hydroxyl groups excluding tert-OH is 1. The van der Waals surface area contributed by atoms with Gasteiger partial charge in [0.25, 0.3) is 0 Å². The molecule has 6 heteroatoms. The van der Waals surface area contributed by atoms with Crippen LogP contribution in [0.4, 0.5) is 4.79 Å². The van der Waals surface area contributed by atoms with Crippen molar-refractivity contribution in [3.8, 4) is 11.1 Å². The third-order valence-electron chi connectivity index (χ3n) is 6.17. The van der Waals surface area contributed by atoms with Gasteiger partial charge in [-0.05, 0) is 86.6 Å². The average Bonchev–Trinajstić information content (AvgIpc) is 2.82. The van der Waals surface area contributed by atoms with E-state index in [9.17, 15) is 14.7 Å². The Morgan fingerprint density at radius 3 is 2.36 bits per heavy atom. The molecule has 0 aliphatic rings. The lowest BCUT2D eigenvalue weighted by Crippen LogP contribution is -2.40. The summed E-state index contributed by atoms with van der Waals surface area (Å²) in [5.74, 6) is 0. The van der Waals surface area contributed by atoms with Crippen molar-refractivity contribution in [3.63, 3.8) is 0 Å². The first-order valence-electron chi connectivity index (χ1n) is 12.0. The fourth-order valence-corrected chi connectivity index (χ4v) is 4.21. The Kier molecular flexibility index (Phi) is 8.93. The molecule has 0 aromatic heterocycles. The molecule has 3 aromatic carbocycles. The highest BCUT2D eigenvalue weighted by Gasteiger charge is 2.24. The van der Waals surface area contributed by atoms with E-state index in [0.717, 1.165) is 34.1 Å². The van der Waals surface area contributed by atoms with Gasteiger partial charge in [-0.1, -0.05) is 60.1 Å². The van der Waals surface area contributed by atoms with Gasteiger partial charge in [0.15, 0.2) is 0 Å². The second-order valence-electron chi connectivity index (χ2n) is 10.0. The van der Waals surface area contributed by atoms with Crippen LogP contribution in [0, 0.1) is 13.8 Å². The minimum Gasteiger partial charge on any atom is -0.444 e. The molecule has 5 nitrogen and oxygen atoms in total. The number of aldehydes is 1. The van der Waals surface area contributed by atoms with Crippen molar-refractivity contribution < 1.29 is 19.4 Å². The van der Waals surface area contributed by atoms with Gasteiger partial charge in [-0.15, -0.1) is 0 Å². The van der Waals surface area contributed by atoms with Gasteiger partial charge in [-0.3, -0.25) is 4.79 Å². The molecule has 1 N–H and O–H groups in total. The lowest BCUT2D eigenvalue weighted by atomic mass is 9.93. The lowest BCUT2D eigenvalue weighted by molar-refractivity contribution is 0.0147. The maximum absolute atomic E-state index is 12.9. The molecule has 190 valence electrons. The molecule has 0 spiro atoms. The third kappa shape index (κ3) is 7.19. The predicted molar refractivity (Wildman–Crippen MR) is 145 cm³/mol. The van der Waals surface area contributed by atoms with Crippen LogP contribution in [-0.2, 0) is 11.2 Å². The van der Waals surface area contributed by atoms with Crippen LogP contribution in [0.3, 0.4) is 0 Å². The molecule has 0 saturated heterocycles. The first-order chi connectivity index (χ1) is 17.0. The summed E-state index contributed by atoms with van der Waals surface area (Å²) >= 11 is 6.08. The summed E-state index contributed by atoms with van der Waals surface area (Å²) in [7, 11) is 0. The summed E-state index contributed by atoms with van der Waals surface area (Å²) in [6.07, 6.45) is 0.125. The lowest BCUT2D eigenvalue weighted by Gasteiger charge is -2.29. The molecule has 0 radical (unpaired) electrons. The standard InChI is InChI=1S/C30H34ClNO4/c1-20-21(2)27(14-13-25(20)19-33)23-11-9-22(10-12-23)15-16-32(29(35)36-30(3,4)5)18-28(34)24-7-6-8-26(31)17-24/h6-14,17,19,28,34H,15-16,18H2,1-5H3/t28-/m0/s1. The summed E-state index contributed by atoms with van der Waals surface area (Å²) in [5.41, 5.74) is 5.98. The Bertz CT molecular complexity index is 1210. The zero-order valence-corrected chi connectivity index (χ0v) is 22.3. The van der Waals surface area contributed by atoms with Gasteiger partial charge in [-0.25, -0.2) is 4.79 Å². The maximum atomic E-state index is 12.9. The molecule has 0 aliphatic heterocycles. The van der Waals surface area contributed by atoms with Gasteiger partial charge in [0.2, 0.25) is 0 Å². The van der Waals surface area contributed by atoms with Crippen LogP contribution in [0.25, 0.3) is 11.1 Å². The van der Waals surface area contributed by atoms with Crippen LogP contribution in [0.5, 0.6) is 0 Å². The first-order valence-corrected chi connectivity index (χ1v) is 12.4. The highest BCUT2D eigenvalue weighted by Crippen LogP contribution is 2.28. The minimum atomic E-state index is -0.890. The van der Waals surface area contributed by atoms with Gasteiger partial charge >= 0.3 is 6.09 Å². The highest BCUT2D eigenvalue weighted by molar-refractivity contribution is 6.30. The number of nitrogens with zero attached hydrogens (tertiary/aromatic N) is 1. The van der Waals surface area contributed by atoms with Gasteiger partial charge in [0, 0.05) is 17.1 Å². The van der Waals surface area contributed by atoms with Crippen LogP contribution in [0.2, 0.25) is 5.02 Å². The number of amides is 1. The quantitative estimate of drug-likeness (QED) is 0.335. The molecule has 3 rings (SSSR count). The zero-order valence-electron chi connectivity index (χ0n) is 21.5. The van der Waals surface area contributed by atoms with Crippen LogP contribution >= 0.6 is 11.6 Å². The molecule has 0 saturated carbocycles. The van der Waals surface area contributed by atoms with E-state index >= 15 is 0 Å². The Morgan fingerprint density at radius 2 is 1.75 bits per heavy atom. The highest BCUT2D eigenvalue weighted by atomic mass is 35.5. The van der Waals surface area contributed by atoms with E-state index in [0.29, 0.717) is 29.1 Å². The van der Waals surface area contributed by atoms with Crippen molar-refractivity contribution in [1.29, 1.82) is 0 Å². The van der Waals surface area contributed by atoms with Gasteiger partial charge in [0.05, 0.1) is 12.6 Å². The number of rotatable bonds is 8. The zero-order chi connectivity index (χ0) is 26.5. The van der Waals surface area contributed by atoms with Crippen molar-refractivity contribution in [2.24, 2.45) is 0 Å². The topological polar surface area (TPSA) is 66.8 Å². The van der Waals surface area contributed by atoms with E-state index in [-0.39, 0.29) is 6.54 Å². The molecule has 0 fully saturated rings. The molecule has 1 atom stereocenters. The second kappa shape index (κ2) is 11.7. The number of halogens is 1. The largest absolute Gasteiger partial charge is 0.444 e. The fourth-order valence-electron chi connectivity index (χ4n) is 4.01. The van der Waals surface area contributed by atoms with Crippen molar-refractivity contribution in [3.05, 3.63) is 93.5 Å². The fraction of sp³-hybridized carbons (Fsp3) is 0.333. The molecule has 0 bridgehead atoms. The van der Waals surface area contributed by atoms with Gasteiger partial charge in [-0.2, -0.15) is 0 Å². The smallest absolute Gasteiger partial charge is 0.410 e. The number of ether oxygens (including phenoxy) is 1. The van der Waals surface area contributed by atoms with Crippen LogP contribution in [0.1, 0.15) is 59.5 Å². The molecule has 3 aromatic rings. The summed E-state index contributed by atoms with van der Waals surface area (Å²) in [6.45, 7) is 9.92. The molecule has 36 heavy (non-hydrogen) atoms. The van der Waals surface area contributed by atoms with E-state index in [1.807, 2.05) is 58.9 Å². The van der Waals surface area contributed by atoms with Crippen LogP contribution in [-0.4, -0.2) is 41.1 Å². The Balaban J connectivity index is 1.74. The molecule has 0 unspecified atom stereocenters. The van der Waals surface area contributed by atoms with E-state index in [4.69, 9.17) is 16.3 Å². The van der Waals surface area contributed by atoms with E-state index in [1.54, 1.807) is 24.3 Å². The van der Waals surface area contributed by atoms with Crippen LogP contribution < -0.4 is 0 Å². The van der Waals surface area contributed by atoms with Crippen molar-refractivity contribution in [2.75, 3.05) is 13.1 Å². The third-order valence-corrected chi connectivity index (χ3v) is 6.40. The first kappa shape index (κ1) is 27.4. The number of aliphatic hydroxyl groups is 1. The molecule has 1 amide bonds. The Morgan fingerprint density at radius 1 is 1.06 bits per heavy atom. The number of carbonyl (C=O) groups excluding carboxylic acids is 2.